The van der Waals surface area contributed by atoms with Crippen LogP contribution in [0.3, 0.4) is 0 Å². The largest absolute Gasteiger partial charge is 0.462 e. The zero-order chi connectivity index (χ0) is 14.0. The SMILES string of the molecule is CCN(C#N)C(C)C=CC1=CC2OC(C)(C)OC2O1. The number of hydrogen-bond acceptors (Lipinski definition) is 5. The van der Waals surface area contributed by atoms with Gasteiger partial charge in [-0.2, -0.15) is 5.26 Å². The molecular weight excluding hydrogens is 244 g/mol. The van der Waals surface area contributed by atoms with Crippen LogP contribution in [0.2, 0.25) is 0 Å². The summed E-state index contributed by atoms with van der Waals surface area (Å²) in [4.78, 5) is 1.68. The van der Waals surface area contributed by atoms with Gasteiger partial charge in [-0.3, -0.25) is 0 Å². The van der Waals surface area contributed by atoms with Crippen LogP contribution in [0.4, 0.5) is 0 Å². The van der Waals surface area contributed by atoms with E-state index in [4.69, 9.17) is 19.5 Å². The second kappa shape index (κ2) is 5.24. The molecule has 0 aliphatic carbocycles. The van der Waals surface area contributed by atoms with Crippen LogP contribution in [0.1, 0.15) is 27.7 Å². The van der Waals surface area contributed by atoms with Crippen LogP contribution in [0.5, 0.6) is 0 Å². The molecule has 0 aromatic carbocycles. The smallest absolute Gasteiger partial charge is 0.232 e. The van der Waals surface area contributed by atoms with Gasteiger partial charge in [-0.1, -0.05) is 6.08 Å². The molecule has 2 rings (SSSR count). The van der Waals surface area contributed by atoms with E-state index in [1.165, 1.54) is 0 Å². The molecule has 0 N–H and O–H groups in total. The van der Waals surface area contributed by atoms with Gasteiger partial charge in [0.05, 0.1) is 6.04 Å². The molecule has 1 fully saturated rings. The van der Waals surface area contributed by atoms with Crippen molar-refractivity contribution in [1.29, 1.82) is 5.26 Å². The summed E-state index contributed by atoms with van der Waals surface area (Å²) < 4.78 is 16.9. The van der Waals surface area contributed by atoms with Crippen molar-refractivity contribution in [2.45, 2.75) is 51.9 Å². The summed E-state index contributed by atoms with van der Waals surface area (Å²) in [5, 5.41) is 8.93. The predicted octanol–water partition coefficient (Wildman–Crippen LogP) is 2.13. The van der Waals surface area contributed by atoms with E-state index in [1.54, 1.807) is 4.90 Å². The second-order valence-electron chi connectivity index (χ2n) is 5.14. The molecule has 2 aliphatic rings. The van der Waals surface area contributed by atoms with Gasteiger partial charge in [0, 0.05) is 6.54 Å². The predicted molar refractivity (Wildman–Crippen MR) is 69.6 cm³/mol. The van der Waals surface area contributed by atoms with Gasteiger partial charge in [0.2, 0.25) is 6.29 Å². The molecule has 0 saturated carbocycles. The molecule has 0 aromatic rings. The lowest BCUT2D eigenvalue weighted by atomic mass is 10.2. The standard InChI is InChI=1S/C14H20N2O3/c1-5-16(9-15)10(2)6-7-11-8-12-13(17-11)19-14(3,4)18-12/h6-8,10,12-13H,5H2,1-4H3. The van der Waals surface area contributed by atoms with Gasteiger partial charge in [0.15, 0.2) is 12.0 Å². The van der Waals surface area contributed by atoms with Crippen molar-refractivity contribution in [3.8, 4) is 6.19 Å². The first-order valence-corrected chi connectivity index (χ1v) is 6.54. The number of ether oxygens (including phenoxy) is 3. The highest BCUT2D eigenvalue weighted by Crippen LogP contribution is 2.35. The lowest BCUT2D eigenvalue weighted by Gasteiger charge is -2.19. The number of allylic oxidation sites excluding steroid dienone is 1. The maximum absolute atomic E-state index is 8.93. The van der Waals surface area contributed by atoms with E-state index in [0.29, 0.717) is 6.54 Å². The number of hydrogen-bond donors (Lipinski definition) is 0. The average molecular weight is 264 g/mol. The van der Waals surface area contributed by atoms with Crippen molar-refractivity contribution in [3.05, 3.63) is 24.0 Å². The van der Waals surface area contributed by atoms with Crippen LogP contribution >= 0.6 is 0 Å². The number of nitrogens with zero attached hydrogens (tertiary/aromatic N) is 2. The molecule has 0 amide bonds. The lowest BCUT2D eigenvalue weighted by Crippen LogP contribution is -2.26. The van der Waals surface area contributed by atoms with Crippen molar-refractivity contribution in [2.75, 3.05) is 6.54 Å². The van der Waals surface area contributed by atoms with Crippen LogP contribution in [0.15, 0.2) is 24.0 Å². The summed E-state index contributed by atoms with van der Waals surface area (Å²) in [6.45, 7) is 8.34. The normalized spacial score (nSPS) is 29.5. The summed E-state index contributed by atoms with van der Waals surface area (Å²) in [6.07, 6.45) is 7.35. The van der Waals surface area contributed by atoms with E-state index in [2.05, 4.69) is 6.19 Å². The Morgan fingerprint density at radius 1 is 1.53 bits per heavy atom. The first-order chi connectivity index (χ1) is 8.95. The Bertz CT molecular complexity index is 436. The summed E-state index contributed by atoms with van der Waals surface area (Å²) in [5.74, 6) is 0.139. The summed E-state index contributed by atoms with van der Waals surface area (Å²) >= 11 is 0. The van der Waals surface area contributed by atoms with Crippen LogP contribution in [-0.2, 0) is 14.2 Å². The molecular formula is C14H20N2O3. The molecule has 0 radical (unpaired) electrons. The quantitative estimate of drug-likeness (QED) is 0.575. The minimum atomic E-state index is -0.589. The molecule has 2 aliphatic heterocycles. The Morgan fingerprint density at radius 2 is 2.26 bits per heavy atom. The van der Waals surface area contributed by atoms with E-state index >= 15 is 0 Å². The molecule has 0 spiro atoms. The van der Waals surface area contributed by atoms with Crippen LogP contribution < -0.4 is 0 Å². The van der Waals surface area contributed by atoms with Gasteiger partial charge < -0.3 is 19.1 Å². The van der Waals surface area contributed by atoms with E-state index in [-0.39, 0.29) is 18.4 Å². The third-order valence-electron chi connectivity index (χ3n) is 3.17. The van der Waals surface area contributed by atoms with Crippen molar-refractivity contribution >= 4 is 0 Å². The maximum atomic E-state index is 8.93. The van der Waals surface area contributed by atoms with Gasteiger partial charge in [0.25, 0.3) is 0 Å². The van der Waals surface area contributed by atoms with Gasteiger partial charge in [-0.15, -0.1) is 0 Å². The molecule has 1 saturated heterocycles. The van der Waals surface area contributed by atoms with Gasteiger partial charge in [-0.05, 0) is 39.8 Å². The number of nitriles is 1. The monoisotopic (exact) mass is 264 g/mol. The van der Waals surface area contributed by atoms with Gasteiger partial charge in [-0.25, -0.2) is 0 Å². The van der Waals surface area contributed by atoms with Crippen molar-refractivity contribution < 1.29 is 14.2 Å². The highest BCUT2D eigenvalue weighted by Gasteiger charge is 2.45. The molecule has 3 atom stereocenters. The fourth-order valence-corrected chi connectivity index (χ4v) is 2.18. The third kappa shape index (κ3) is 3.09. The van der Waals surface area contributed by atoms with Crippen LogP contribution in [0, 0.1) is 11.5 Å². The minimum absolute atomic E-state index is 0.0400. The van der Waals surface area contributed by atoms with Crippen molar-refractivity contribution in [2.24, 2.45) is 0 Å². The summed E-state index contributed by atoms with van der Waals surface area (Å²) in [6, 6.07) is 0.0400. The Labute approximate surface area is 114 Å². The topological polar surface area (TPSA) is 54.7 Å². The Kier molecular flexibility index (Phi) is 3.83. The highest BCUT2D eigenvalue weighted by atomic mass is 16.8. The average Bonchev–Trinajstić information content (AvgIpc) is 2.81. The zero-order valence-corrected chi connectivity index (χ0v) is 11.8. The van der Waals surface area contributed by atoms with Crippen LogP contribution in [0.25, 0.3) is 0 Å². The van der Waals surface area contributed by atoms with E-state index in [1.807, 2.05) is 45.9 Å². The molecule has 0 aromatic heterocycles. The van der Waals surface area contributed by atoms with E-state index in [0.717, 1.165) is 5.76 Å². The summed E-state index contributed by atoms with van der Waals surface area (Å²) in [5.41, 5.74) is 0. The molecule has 2 heterocycles. The second-order valence-corrected chi connectivity index (χ2v) is 5.14. The number of fused-ring (bicyclic) bond motifs is 1. The highest BCUT2D eigenvalue weighted by molar-refractivity contribution is 5.21. The zero-order valence-electron chi connectivity index (χ0n) is 11.8. The number of likely N-dealkylation sites (N-methyl/N-ethyl adjacent to an activating group) is 1. The first-order valence-electron chi connectivity index (χ1n) is 6.54. The number of rotatable bonds is 4. The van der Waals surface area contributed by atoms with Gasteiger partial charge in [0.1, 0.15) is 11.9 Å². The lowest BCUT2D eigenvalue weighted by molar-refractivity contribution is -0.180. The van der Waals surface area contributed by atoms with Crippen molar-refractivity contribution in [1.82, 2.24) is 4.90 Å². The van der Waals surface area contributed by atoms with Gasteiger partial charge >= 0.3 is 0 Å². The van der Waals surface area contributed by atoms with Crippen molar-refractivity contribution in [3.63, 3.8) is 0 Å². The fourth-order valence-electron chi connectivity index (χ4n) is 2.18. The molecule has 19 heavy (non-hydrogen) atoms. The summed E-state index contributed by atoms with van der Waals surface area (Å²) in [7, 11) is 0. The fraction of sp³-hybridized carbons (Fsp3) is 0.643. The molecule has 5 heteroatoms. The first kappa shape index (κ1) is 13.9. The molecule has 5 nitrogen and oxygen atoms in total. The minimum Gasteiger partial charge on any atom is -0.462 e. The Morgan fingerprint density at radius 3 is 2.84 bits per heavy atom. The molecule has 3 unspecified atom stereocenters. The Hall–Kier alpha value is -1.51. The Balaban J connectivity index is 1.94. The maximum Gasteiger partial charge on any atom is 0.232 e. The van der Waals surface area contributed by atoms with E-state index < -0.39 is 5.79 Å². The molecule has 0 bridgehead atoms. The van der Waals surface area contributed by atoms with E-state index in [9.17, 15) is 0 Å². The third-order valence-corrected chi connectivity index (χ3v) is 3.17. The molecule has 104 valence electrons. The van der Waals surface area contributed by atoms with Crippen LogP contribution in [-0.4, -0.2) is 35.7 Å².